The third-order valence-corrected chi connectivity index (χ3v) is 3.05. The zero-order chi connectivity index (χ0) is 13.8. The van der Waals surface area contributed by atoms with Crippen LogP contribution in [0.3, 0.4) is 0 Å². The van der Waals surface area contributed by atoms with E-state index in [0.29, 0.717) is 17.9 Å². The van der Waals surface area contributed by atoms with Gasteiger partial charge in [0.05, 0.1) is 30.7 Å². The molecule has 0 saturated carbocycles. The number of halogens is 1. The van der Waals surface area contributed by atoms with E-state index in [0.717, 1.165) is 10.0 Å². The minimum absolute atomic E-state index is 0.1000. The van der Waals surface area contributed by atoms with Crippen LogP contribution in [0.15, 0.2) is 35.1 Å². The molecule has 0 radical (unpaired) electrons. The SMILES string of the molecule is CCOC(=O)c1cnn(-c2cc(Br)ccc2CO)c1. The summed E-state index contributed by atoms with van der Waals surface area (Å²) >= 11 is 3.37. The van der Waals surface area contributed by atoms with Crippen LogP contribution in [0.25, 0.3) is 5.69 Å². The maximum absolute atomic E-state index is 11.6. The molecule has 1 aromatic heterocycles. The highest BCUT2D eigenvalue weighted by atomic mass is 79.9. The number of benzene rings is 1. The molecule has 0 unspecified atom stereocenters. The van der Waals surface area contributed by atoms with Gasteiger partial charge in [0.2, 0.25) is 0 Å². The van der Waals surface area contributed by atoms with E-state index in [1.54, 1.807) is 23.9 Å². The molecule has 0 aliphatic carbocycles. The van der Waals surface area contributed by atoms with Crippen molar-refractivity contribution in [2.24, 2.45) is 0 Å². The number of carbonyl (C=O) groups excluding carboxylic acids is 1. The lowest BCUT2D eigenvalue weighted by atomic mass is 10.2. The van der Waals surface area contributed by atoms with E-state index in [2.05, 4.69) is 21.0 Å². The van der Waals surface area contributed by atoms with Crippen LogP contribution in [0.2, 0.25) is 0 Å². The van der Waals surface area contributed by atoms with Crippen LogP contribution in [-0.4, -0.2) is 27.5 Å². The first-order chi connectivity index (χ1) is 9.15. The van der Waals surface area contributed by atoms with E-state index >= 15 is 0 Å². The van der Waals surface area contributed by atoms with Crippen molar-refractivity contribution < 1.29 is 14.6 Å². The van der Waals surface area contributed by atoms with E-state index in [1.165, 1.54) is 6.20 Å². The molecule has 1 heterocycles. The Morgan fingerprint density at radius 3 is 3.00 bits per heavy atom. The number of aliphatic hydroxyl groups excluding tert-OH is 1. The van der Waals surface area contributed by atoms with Gasteiger partial charge in [-0.3, -0.25) is 0 Å². The Balaban J connectivity index is 2.37. The summed E-state index contributed by atoms with van der Waals surface area (Å²) in [6.45, 7) is 1.97. The summed E-state index contributed by atoms with van der Waals surface area (Å²) in [5.41, 5.74) is 1.82. The van der Waals surface area contributed by atoms with Crippen LogP contribution in [0, 0.1) is 0 Å². The molecular formula is C13H13BrN2O3. The van der Waals surface area contributed by atoms with Crippen molar-refractivity contribution in [3.8, 4) is 5.69 Å². The lowest BCUT2D eigenvalue weighted by Crippen LogP contribution is -2.04. The Kier molecular flexibility index (Phi) is 4.34. The van der Waals surface area contributed by atoms with Crippen LogP contribution >= 0.6 is 15.9 Å². The van der Waals surface area contributed by atoms with Crippen LogP contribution in [0.4, 0.5) is 0 Å². The molecule has 0 aliphatic rings. The number of hydrogen-bond donors (Lipinski definition) is 1. The fourth-order valence-corrected chi connectivity index (χ4v) is 2.01. The molecule has 2 aromatic rings. The molecule has 0 atom stereocenters. The molecule has 0 spiro atoms. The highest BCUT2D eigenvalue weighted by Gasteiger charge is 2.12. The number of aliphatic hydroxyl groups is 1. The molecule has 6 heteroatoms. The number of ether oxygens (including phenoxy) is 1. The molecule has 100 valence electrons. The second kappa shape index (κ2) is 5.99. The predicted molar refractivity (Wildman–Crippen MR) is 73.1 cm³/mol. The molecule has 0 aliphatic heterocycles. The molecular weight excluding hydrogens is 312 g/mol. The summed E-state index contributed by atoms with van der Waals surface area (Å²) in [6, 6.07) is 5.46. The van der Waals surface area contributed by atoms with Crippen LogP contribution < -0.4 is 0 Å². The lowest BCUT2D eigenvalue weighted by Gasteiger charge is -2.07. The molecule has 1 N–H and O–H groups in total. The largest absolute Gasteiger partial charge is 0.462 e. The van der Waals surface area contributed by atoms with E-state index in [9.17, 15) is 9.90 Å². The third kappa shape index (κ3) is 3.02. The van der Waals surface area contributed by atoms with Gasteiger partial charge in [0.1, 0.15) is 0 Å². The Hall–Kier alpha value is -1.66. The van der Waals surface area contributed by atoms with Crippen molar-refractivity contribution in [2.75, 3.05) is 6.61 Å². The number of aromatic nitrogens is 2. The van der Waals surface area contributed by atoms with E-state index in [4.69, 9.17) is 4.74 Å². The minimum Gasteiger partial charge on any atom is -0.462 e. The molecule has 5 nitrogen and oxygen atoms in total. The number of nitrogens with zero attached hydrogens (tertiary/aromatic N) is 2. The molecule has 0 amide bonds. The van der Waals surface area contributed by atoms with Crippen LogP contribution in [0.5, 0.6) is 0 Å². The van der Waals surface area contributed by atoms with Crippen molar-refractivity contribution in [1.82, 2.24) is 9.78 Å². The first-order valence-corrected chi connectivity index (χ1v) is 6.56. The number of carbonyl (C=O) groups is 1. The van der Waals surface area contributed by atoms with Crippen molar-refractivity contribution in [3.63, 3.8) is 0 Å². The van der Waals surface area contributed by atoms with E-state index in [-0.39, 0.29) is 6.61 Å². The first kappa shape index (κ1) is 13.8. The minimum atomic E-state index is -0.408. The van der Waals surface area contributed by atoms with E-state index in [1.807, 2.05) is 12.1 Å². The van der Waals surface area contributed by atoms with Crippen LogP contribution in [-0.2, 0) is 11.3 Å². The van der Waals surface area contributed by atoms with Gasteiger partial charge in [-0.25, -0.2) is 9.48 Å². The van der Waals surface area contributed by atoms with Crippen molar-refractivity contribution in [3.05, 3.63) is 46.2 Å². The third-order valence-electron chi connectivity index (χ3n) is 2.56. The van der Waals surface area contributed by atoms with Crippen molar-refractivity contribution >= 4 is 21.9 Å². The highest BCUT2D eigenvalue weighted by molar-refractivity contribution is 9.10. The second-order valence-electron chi connectivity index (χ2n) is 3.83. The molecule has 0 bridgehead atoms. The monoisotopic (exact) mass is 324 g/mol. The highest BCUT2D eigenvalue weighted by Crippen LogP contribution is 2.20. The van der Waals surface area contributed by atoms with Gasteiger partial charge in [0, 0.05) is 16.2 Å². The average Bonchev–Trinajstić information content (AvgIpc) is 2.88. The Morgan fingerprint density at radius 2 is 2.32 bits per heavy atom. The average molecular weight is 325 g/mol. The summed E-state index contributed by atoms with van der Waals surface area (Å²) in [6.07, 6.45) is 3.03. The molecule has 19 heavy (non-hydrogen) atoms. The zero-order valence-electron chi connectivity index (χ0n) is 10.3. The maximum atomic E-state index is 11.6. The number of hydrogen-bond acceptors (Lipinski definition) is 4. The second-order valence-corrected chi connectivity index (χ2v) is 4.74. The van der Waals surface area contributed by atoms with Gasteiger partial charge in [-0.15, -0.1) is 0 Å². The Labute approximate surface area is 118 Å². The summed E-state index contributed by atoms with van der Waals surface area (Å²) in [5.74, 6) is -0.408. The molecule has 1 aromatic carbocycles. The predicted octanol–water partition coefficient (Wildman–Crippen LogP) is 2.30. The fourth-order valence-electron chi connectivity index (χ4n) is 1.66. The van der Waals surface area contributed by atoms with Gasteiger partial charge in [-0.1, -0.05) is 22.0 Å². The molecule has 0 fully saturated rings. The summed E-state index contributed by atoms with van der Waals surface area (Å²) in [4.78, 5) is 11.6. The number of esters is 1. The fraction of sp³-hybridized carbons (Fsp3) is 0.231. The Bertz CT molecular complexity index is 595. The van der Waals surface area contributed by atoms with Gasteiger partial charge >= 0.3 is 5.97 Å². The summed E-state index contributed by atoms with van der Waals surface area (Å²) < 4.78 is 7.32. The summed E-state index contributed by atoms with van der Waals surface area (Å²) in [7, 11) is 0. The van der Waals surface area contributed by atoms with Gasteiger partial charge in [0.15, 0.2) is 0 Å². The van der Waals surface area contributed by atoms with Gasteiger partial charge < -0.3 is 9.84 Å². The number of rotatable bonds is 4. The van der Waals surface area contributed by atoms with E-state index < -0.39 is 5.97 Å². The maximum Gasteiger partial charge on any atom is 0.341 e. The standard InChI is InChI=1S/C13H13BrN2O3/c1-2-19-13(18)10-6-15-16(7-10)12-5-11(14)4-3-9(12)8-17/h3-7,17H,2,8H2,1H3. The van der Waals surface area contributed by atoms with Gasteiger partial charge in [0.25, 0.3) is 0 Å². The van der Waals surface area contributed by atoms with Gasteiger partial charge in [-0.2, -0.15) is 5.10 Å². The zero-order valence-corrected chi connectivity index (χ0v) is 11.9. The Morgan fingerprint density at radius 1 is 1.53 bits per heavy atom. The normalized spacial score (nSPS) is 10.5. The smallest absolute Gasteiger partial charge is 0.341 e. The molecule has 0 saturated heterocycles. The van der Waals surface area contributed by atoms with Crippen LogP contribution in [0.1, 0.15) is 22.8 Å². The lowest BCUT2D eigenvalue weighted by molar-refractivity contribution is 0.0526. The van der Waals surface area contributed by atoms with Crippen molar-refractivity contribution in [1.29, 1.82) is 0 Å². The topological polar surface area (TPSA) is 64.3 Å². The van der Waals surface area contributed by atoms with Gasteiger partial charge in [-0.05, 0) is 19.1 Å². The summed E-state index contributed by atoms with van der Waals surface area (Å²) in [5, 5.41) is 13.4. The first-order valence-electron chi connectivity index (χ1n) is 5.77. The van der Waals surface area contributed by atoms with Crippen molar-refractivity contribution in [2.45, 2.75) is 13.5 Å². The molecule has 2 rings (SSSR count). The quantitative estimate of drug-likeness (QED) is 0.876.